The maximum absolute atomic E-state index is 12.4. The Balaban J connectivity index is 3.53. The van der Waals surface area contributed by atoms with Gasteiger partial charge in [-0.15, -0.1) is 0 Å². The average molecular weight is 273 g/mol. The molecule has 1 aromatic rings. The van der Waals surface area contributed by atoms with E-state index in [2.05, 4.69) is 9.72 Å². The van der Waals surface area contributed by atoms with Crippen molar-refractivity contribution in [1.82, 2.24) is 4.98 Å². The number of anilines is 1. The fourth-order valence-corrected chi connectivity index (χ4v) is 1.97. The number of alkyl halides is 2. The minimum Gasteiger partial charge on any atom is -0.492 e. The molecule has 0 aliphatic carbocycles. The third kappa shape index (κ3) is 2.33. The zero-order valence-corrected chi connectivity index (χ0v) is 9.52. The first-order valence-electron chi connectivity index (χ1n) is 3.84. The molecule has 0 bridgehead atoms. The molecule has 5 nitrogen and oxygen atoms in total. The second kappa shape index (κ2) is 4.38. The van der Waals surface area contributed by atoms with Crippen molar-refractivity contribution in [2.75, 3.05) is 12.8 Å². The number of hydrogen-bond donors (Lipinski definition) is 1. The smallest absolute Gasteiger partial charge is 0.284 e. The van der Waals surface area contributed by atoms with E-state index in [-0.39, 0.29) is 0 Å². The summed E-state index contributed by atoms with van der Waals surface area (Å²) < 4.78 is 51.5. The van der Waals surface area contributed by atoms with Crippen LogP contribution in [-0.4, -0.2) is 20.5 Å². The van der Waals surface area contributed by atoms with Crippen molar-refractivity contribution in [3.05, 3.63) is 11.9 Å². The lowest BCUT2D eigenvalue weighted by molar-refractivity contribution is 0.141. The average Bonchev–Trinajstić information content (AvgIpc) is 2.14. The molecule has 0 saturated heterocycles. The lowest BCUT2D eigenvalue weighted by Gasteiger charge is -2.11. The maximum Gasteiger partial charge on any atom is 0.284 e. The van der Waals surface area contributed by atoms with Gasteiger partial charge in [0.25, 0.3) is 15.5 Å². The lowest BCUT2D eigenvalue weighted by Crippen LogP contribution is -2.06. The van der Waals surface area contributed by atoms with Gasteiger partial charge >= 0.3 is 0 Å². The molecule has 16 heavy (non-hydrogen) atoms. The molecule has 1 heterocycles. The number of nitrogen functional groups attached to an aromatic ring is 1. The molecule has 0 fully saturated rings. The van der Waals surface area contributed by atoms with E-state index in [1.807, 2.05) is 0 Å². The predicted molar refractivity (Wildman–Crippen MR) is 53.2 cm³/mol. The van der Waals surface area contributed by atoms with Crippen LogP contribution in [-0.2, 0) is 9.05 Å². The van der Waals surface area contributed by atoms with E-state index in [0.717, 1.165) is 7.11 Å². The highest BCUT2D eigenvalue weighted by Gasteiger charge is 2.25. The van der Waals surface area contributed by atoms with E-state index >= 15 is 0 Å². The molecule has 0 atom stereocenters. The summed E-state index contributed by atoms with van der Waals surface area (Å²) in [4.78, 5) is 2.70. The number of rotatable bonds is 3. The van der Waals surface area contributed by atoms with E-state index in [1.54, 1.807) is 0 Å². The maximum atomic E-state index is 12.4. The van der Waals surface area contributed by atoms with Crippen LogP contribution in [0.4, 0.5) is 14.5 Å². The highest BCUT2D eigenvalue weighted by Crippen LogP contribution is 2.36. The first-order chi connectivity index (χ1) is 7.29. The van der Waals surface area contributed by atoms with Gasteiger partial charge in [-0.05, 0) is 0 Å². The quantitative estimate of drug-likeness (QED) is 0.844. The molecule has 0 spiro atoms. The van der Waals surface area contributed by atoms with Crippen LogP contribution in [0.5, 0.6) is 5.75 Å². The Morgan fingerprint density at radius 3 is 2.50 bits per heavy atom. The van der Waals surface area contributed by atoms with Gasteiger partial charge in [-0.3, -0.25) is 0 Å². The molecule has 0 aliphatic rings. The molecule has 0 unspecified atom stereocenters. The van der Waals surface area contributed by atoms with Crippen molar-refractivity contribution in [3.8, 4) is 5.75 Å². The van der Waals surface area contributed by atoms with Crippen LogP contribution in [0.1, 0.15) is 12.1 Å². The molecule has 2 N–H and O–H groups in total. The van der Waals surface area contributed by atoms with Gasteiger partial charge in [0.1, 0.15) is 4.90 Å². The van der Waals surface area contributed by atoms with Crippen LogP contribution >= 0.6 is 10.7 Å². The summed E-state index contributed by atoms with van der Waals surface area (Å²) in [5, 5.41) is 0. The van der Waals surface area contributed by atoms with Crippen LogP contribution in [0.2, 0.25) is 0 Å². The lowest BCUT2D eigenvalue weighted by atomic mass is 10.3. The molecule has 9 heteroatoms. The Hall–Kier alpha value is -1.15. The van der Waals surface area contributed by atoms with Crippen LogP contribution in [0.3, 0.4) is 0 Å². The summed E-state index contributed by atoms with van der Waals surface area (Å²) in [6, 6.07) is 0. The summed E-state index contributed by atoms with van der Waals surface area (Å²) >= 11 is 0. The number of nitrogens with two attached hydrogens (primary N) is 1. The Labute approximate surface area is 94.6 Å². The van der Waals surface area contributed by atoms with Crippen LogP contribution in [0.15, 0.2) is 11.1 Å². The summed E-state index contributed by atoms with van der Waals surface area (Å²) in [5.74, 6) is -0.489. The molecule has 0 aromatic carbocycles. The van der Waals surface area contributed by atoms with Gasteiger partial charge in [-0.2, -0.15) is 0 Å². The second-order valence-electron chi connectivity index (χ2n) is 2.69. The van der Waals surface area contributed by atoms with Gasteiger partial charge < -0.3 is 10.5 Å². The zero-order chi connectivity index (χ0) is 12.5. The number of aromatic nitrogens is 1. The molecule has 0 aliphatic heterocycles. The van der Waals surface area contributed by atoms with Crippen molar-refractivity contribution < 1.29 is 21.9 Å². The molecule has 0 amide bonds. The van der Waals surface area contributed by atoms with Gasteiger partial charge in [0, 0.05) is 16.9 Å². The van der Waals surface area contributed by atoms with Crippen LogP contribution in [0, 0.1) is 0 Å². The first-order valence-corrected chi connectivity index (χ1v) is 6.15. The van der Waals surface area contributed by atoms with Gasteiger partial charge in [-0.1, -0.05) is 0 Å². The van der Waals surface area contributed by atoms with Gasteiger partial charge in [-0.25, -0.2) is 22.2 Å². The summed E-state index contributed by atoms with van der Waals surface area (Å²) in [6.07, 6.45) is -2.26. The van der Waals surface area contributed by atoms with Crippen molar-refractivity contribution >= 4 is 25.4 Å². The van der Waals surface area contributed by atoms with Gasteiger partial charge in [0.05, 0.1) is 12.8 Å². The highest BCUT2D eigenvalue weighted by molar-refractivity contribution is 8.13. The second-order valence-corrected chi connectivity index (χ2v) is 5.23. The molecule has 1 rings (SSSR count). The van der Waals surface area contributed by atoms with E-state index < -0.39 is 37.5 Å². The number of halogens is 3. The normalized spacial score (nSPS) is 11.8. The van der Waals surface area contributed by atoms with E-state index in [4.69, 9.17) is 16.4 Å². The van der Waals surface area contributed by atoms with Crippen molar-refractivity contribution in [2.45, 2.75) is 11.3 Å². The summed E-state index contributed by atoms with van der Waals surface area (Å²) in [6.45, 7) is 0. The standard InChI is InChI=1S/C7H7ClF2N2O3S/c1-15-6-4(11)3(16(8,13)14)2-12-5(6)7(9)10/h2,7H,1H3,(H2,11,12). The van der Waals surface area contributed by atoms with Crippen molar-refractivity contribution in [2.24, 2.45) is 0 Å². The fraction of sp³-hybridized carbons (Fsp3) is 0.286. The predicted octanol–water partition coefficient (Wildman–Crippen LogP) is 1.54. The van der Waals surface area contributed by atoms with E-state index in [9.17, 15) is 17.2 Å². The SMILES string of the molecule is COc1c(C(F)F)ncc(S(=O)(=O)Cl)c1N. The minimum absolute atomic E-state index is 0.484. The fourth-order valence-electron chi connectivity index (χ4n) is 1.07. The minimum atomic E-state index is -4.15. The van der Waals surface area contributed by atoms with Crippen LogP contribution in [0.25, 0.3) is 0 Å². The monoisotopic (exact) mass is 272 g/mol. The zero-order valence-electron chi connectivity index (χ0n) is 7.95. The number of hydrogen-bond acceptors (Lipinski definition) is 5. The third-order valence-electron chi connectivity index (χ3n) is 1.74. The van der Waals surface area contributed by atoms with E-state index in [1.165, 1.54) is 0 Å². The Morgan fingerprint density at radius 1 is 1.56 bits per heavy atom. The Kier molecular flexibility index (Phi) is 3.54. The topological polar surface area (TPSA) is 82.3 Å². The number of ether oxygens (including phenoxy) is 1. The molecular weight excluding hydrogens is 266 g/mol. The third-order valence-corrected chi connectivity index (χ3v) is 3.09. The number of methoxy groups -OCH3 is 1. The number of pyridine rings is 1. The van der Waals surface area contributed by atoms with Gasteiger partial charge in [0.15, 0.2) is 11.4 Å². The largest absolute Gasteiger partial charge is 0.492 e. The van der Waals surface area contributed by atoms with Crippen molar-refractivity contribution in [1.29, 1.82) is 0 Å². The molecular formula is C7H7ClF2N2O3S. The highest BCUT2D eigenvalue weighted by atomic mass is 35.7. The van der Waals surface area contributed by atoms with E-state index in [0.29, 0.717) is 6.20 Å². The molecule has 0 radical (unpaired) electrons. The molecule has 90 valence electrons. The Bertz CT molecular complexity index is 507. The first kappa shape index (κ1) is 12.9. The Morgan fingerprint density at radius 2 is 2.12 bits per heavy atom. The van der Waals surface area contributed by atoms with Gasteiger partial charge in [0.2, 0.25) is 0 Å². The summed E-state index contributed by atoms with van der Waals surface area (Å²) in [7, 11) is 1.96. The summed E-state index contributed by atoms with van der Waals surface area (Å²) in [5.41, 5.74) is 4.14. The number of nitrogens with zero attached hydrogens (tertiary/aromatic N) is 1. The molecule has 1 aromatic heterocycles. The van der Waals surface area contributed by atoms with Crippen LogP contribution < -0.4 is 10.5 Å². The van der Waals surface area contributed by atoms with Crippen molar-refractivity contribution in [3.63, 3.8) is 0 Å². The molecule has 0 saturated carbocycles.